The standard InChI is InChI=1S/C14H16N2Te2/c1-15-11-7-3-5-9-13(11)17-18-14-10-6-4-8-12(14)16-2/h3-10,15-16H,1-2H3. The van der Waals surface area contributed by atoms with Gasteiger partial charge in [-0.25, -0.2) is 0 Å². The molecule has 2 aromatic carbocycles. The van der Waals surface area contributed by atoms with Gasteiger partial charge >= 0.3 is 126 Å². The van der Waals surface area contributed by atoms with Crippen LogP contribution in [0.15, 0.2) is 48.5 Å². The van der Waals surface area contributed by atoms with Crippen molar-refractivity contribution in [2.75, 3.05) is 24.7 Å². The van der Waals surface area contributed by atoms with Gasteiger partial charge in [0.2, 0.25) is 0 Å². The van der Waals surface area contributed by atoms with Gasteiger partial charge in [0.1, 0.15) is 0 Å². The fraction of sp³-hybridized carbons (Fsp3) is 0.143. The fourth-order valence-electron chi connectivity index (χ4n) is 1.58. The molecule has 0 saturated heterocycles. The molecule has 2 nitrogen and oxygen atoms in total. The summed E-state index contributed by atoms with van der Waals surface area (Å²) in [6.45, 7) is 0. The minimum atomic E-state index is -0.0674. The van der Waals surface area contributed by atoms with Crippen LogP contribution in [0.25, 0.3) is 0 Å². The average Bonchev–Trinajstić information content (AvgIpc) is 2.45. The molecule has 0 atom stereocenters. The van der Waals surface area contributed by atoms with E-state index in [-0.39, 0.29) is 34.1 Å². The summed E-state index contributed by atoms with van der Waals surface area (Å²) >= 11 is -0.135. The van der Waals surface area contributed by atoms with Gasteiger partial charge in [0.05, 0.1) is 0 Å². The summed E-state index contributed by atoms with van der Waals surface area (Å²) in [7, 11) is 4.02. The van der Waals surface area contributed by atoms with Gasteiger partial charge in [0, 0.05) is 0 Å². The second kappa shape index (κ2) is 7.27. The molecule has 0 heterocycles. The molecule has 0 spiro atoms. The zero-order valence-corrected chi connectivity index (χ0v) is 15.1. The van der Waals surface area contributed by atoms with Gasteiger partial charge in [-0.2, -0.15) is 0 Å². The van der Waals surface area contributed by atoms with E-state index in [4.69, 9.17) is 0 Å². The number of anilines is 2. The fourth-order valence-corrected chi connectivity index (χ4v) is 13.3. The number of rotatable bonds is 5. The van der Waals surface area contributed by atoms with E-state index in [1.54, 1.807) is 7.22 Å². The molecule has 0 aliphatic carbocycles. The van der Waals surface area contributed by atoms with Crippen LogP contribution in [0.3, 0.4) is 0 Å². The summed E-state index contributed by atoms with van der Waals surface area (Å²) in [5.41, 5.74) is 2.62. The predicted molar refractivity (Wildman–Crippen MR) is 82.8 cm³/mol. The first-order valence-corrected chi connectivity index (χ1v) is 15.4. The molecule has 0 aliphatic rings. The number of para-hydroxylation sites is 2. The van der Waals surface area contributed by atoms with Gasteiger partial charge in [0.25, 0.3) is 0 Å². The first kappa shape index (κ1) is 14.0. The quantitative estimate of drug-likeness (QED) is 0.643. The van der Waals surface area contributed by atoms with Crippen molar-refractivity contribution < 1.29 is 0 Å². The molecule has 0 amide bonds. The molecule has 94 valence electrons. The Morgan fingerprint density at radius 1 is 0.667 bits per heavy atom. The number of nitrogens with one attached hydrogen (secondary N) is 2. The summed E-state index contributed by atoms with van der Waals surface area (Å²) in [6, 6.07) is 17.4. The van der Waals surface area contributed by atoms with Crippen LogP contribution in [0.2, 0.25) is 0 Å². The molecule has 2 aromatic rings. The van der Waals surface area contributed by atoms with Crippen LogP contribution in [-0.2, 0) is 0 Å². The maximum absolute atomic E-state index is 3.30. The average molecular weight is 467 g/mol. The van der Waals surface area contributed by atoms with Crippen LogP contribution in [0.4, 0.5) is 11.4 Å². The van der Waals surface area contributed by atoms with Crippen molar-refractivity contribution in [3.63, 3.8) is 0 Å². The van der Waals surface area contributed by atoms with Gasteiger partial charge in [-0.05, 0) is 0 Å². The van der Waals surface area contributed by atoms with Crippen molar-refractivity contribution in [3.05, 3.63) is 48.5 Å². The van der Waals surface area contributed by atoms with Crippen LogP contribution < -0.4 is 17.9 Å². The molecule has 0 bridgehead atoms. The molecule has 2 rings (SSSR count). The van der Waals surface area contributed by atoms with Crippen LogP contribution in [0.1, 0.15) is 0 Å². The molecular weight excluding hydrogens is 451 g/mol. The monoisotopic (exact) mass is 472 g/mol. The van der Waals surface area contributed by atoms with E-state index in [0.29, 0.717) is 0 Å². The second-order valence-electron chi connectivity index (χ2n) is 3.66. The molecule has 0 fully saturated rings. The Morgan fingerprint density at radius 3 is 1.44 bits per heavy atom. The maximum atomic E-state index is 3.30. The molecule has 4 heteroatoms. The molecule has 0 saturated carbocycles. The Hall–Kier alpha value is -0.381. The van der Waals surface area contributed by atoms with Crippen LogP contribution in [-0.4, -0.2) is 48.2 Å². The van der Waals surface area contributed by atoms with E-state index in [0.717, 1.165) is 0 Å². The van der Waals surface area contributed by atoms with Gasteiger partial charge in [0.15, 0.2) is 0 Å². The summed E-state index contributed by atoms with van der Waals surface area (Å²) in [5, 5.41) is 6.60. The van der Waals surface area contributed by atoms with Crippen molar-refractivity contribution in [1.29, 1.82) is 0 Å². The van der Waals surface area contributed by atoms with Crippen molar-refractivity contribution in [3.8, 4) is 0 Å². The van der Waals surface area contributed by atoms with Crippen LogP contribution >= 0.6 is 0 Å². The molecular formula is C14H16N2Te2. The van der Waals surface area contributed by atoms with Crippen molar-refractivity contribution in [2.24, 2.45) is 0 Å². The topological polar surface area (TPSA) is 24.1 Å². The minimum absolute atomic E-state index is 0.0674. The van der Waals surface area contributed by atoms with E-state index in [1.165, 1.54) is 11.4 Å². The Kier molecular flexibility index (Phi) is 5.67. The SMILES string of the molecule is CNc1ccccc1[Te][Te]c1ccccc1NC. The molecule has 18 heavy (non-hydrogen) atoms. The Labute approximate surface area is 125 Å². The number of hydrogen-bond donors (Lipinski definition) is 2. The summed E-state index contributed by atoms with van der Waals surface area (Å²) in [6.07, 6.45) is 0. The third-order valence-corrected chi connectivity index (χ3v) is 14.3. The van der Waals surface area contributed by atoms with Crippen molar-refractivity contribution in [1.82, 2.24) is 0 Å². The Morgan fingerprint density at radius 2 is 1.06 bits per heavy atom. The zero-order chi connectivity index (χ0) is 12.8. The second-order valence-corrected chi connectivity index (χ2v) is 13.5. The molecule has 0 radical (unpaired) electrons. The number of benzene rings is 2. The molecule has 0 aromatic heterocycles. The van der Waals surface area contributed by atoms with Gasteiger partial charge in [-0.15, -0.1) is 0 Å². The zero-order valence-electron chi connectivity index (χ0n) is 10.4. The van der Waals surface area contributed by atoms with E-state index >= 15 is 0 Å². The molecule has 2 N–H and O–H groups in total. The predicted octanol–water partition coefficient (Wildman–Crippen LogP) is 1.04. The first-order valence-electron chi connectivity index (χ1n) is 5.73. The summed E-state index contributed by atoms with van der Waals surface area (Å²) in [5.74, 6) is 0. The van der Waals surface area contributed by atoms with E-state index in [1.807, 2.05) is 14.1 Å². The van der Waals surface area contributed by atoms with Crippen LogP contribution in [0, 0.1) is 0 Å². The molecule has 0 aliphatic heterocycles. The van der Waals surface area contributed by atoms with E-state index in [9.17, 15) is 0 Å². The summed E-state index contributed by atoms with van der Waals surface area (Å²) in [4.78, 5) is 0. The number of hydrogen-bond acceptors (Lipinski definition) is 2. The first-order chi connectivity index (χ1) is 8.85. The normalized spacial score (nSPS) is 10.1. The van der Waals surface area contributed by atoms with Crippen LogP contribution in [0.5, 0.6) is 0 Å². The third-order valence-electron chi connectivity index (χ3n) is 2.53. The van der Waals surface area contributed by atoms with Gasteiger partial charge < -0.3 is 0 Å². The Balaban J connectivity index is 2.11. The van der Waals surface area contributed by atoms with Crippen molar-refractivity contribution in [2.45, 2.75) is 0 Å². The Bertz CT molecular complexity index is 467. The van der Waals surface area contributed by atoms with E-state index < -0.39 is 0 Å². The van der Waals surface area contributed by atoms with Gasteiger partial charge in [-0.1, -0.05) is 0 Å². The molecule has 0 unspecified atom stereocenters. The van der Waals surface area contributed by atoms with Gasteiger partial charge in [-0.3, -0.25) is 0 Å². The third kappa shape index (κ3) is 3.56. The summed E-state index contributed by atoms with van der Waals surface area (Å²) < 4.78 is 3.11. The van der Waals surface area contributed by atoms with E-state index in [2.05, 4.69) is 59.2 Å². The van der Waals surface area contributed by atoms with Crippen molar-refractivity contribution >= 4 is 52.7 Å².